The van der Waals surface area contributed by atoms with E-state index in [1.54, 1.807) is 0 Å². The average molecular weight is 298 g/mol. The second-order valence-electron chi connectivity index (χ2n) is 3.64. The molecular formula is C10H13Cl2NO3S. The van der Waals surface area contributed by atoms with Crippen molar-refractivity contribution < 1.29 is 13.2 Å². The lowest BCUT2D eigenvalue weighted by molar-refractivity contribution is 0.319. The summed E-state index contributed by atoms with van der Waals surface area (Å²) in [5.74, 6) is 0.488. The molecule has 17 heavy (non-hydrogen) atoms. The van der Waals surface area contributed by atoms with Crippen molar-refractivity contribution in [3.8, 4) is 5.75 Å². The van der Waals surface area contributed by atoms with Gasteiger partial charge in [-0.2, -0.15) is 0 Å². The highest BCUT2D eigenvalue weighted by atomic mass is 35.5. The second kappa shape index (κ2) is 5.80. The number of ether oxygens (including phenoxy) is 1. The molecule has 0 aliphatic carbocycles. The van der Waals surface area contributed by atoms with Crippen molar-refractivity contribution >= 4 is 38.7 Å². The number of sulfone groups is 1. The molecule has 0 aliphatic rings. The zero-order valence-electron chi connectivity index (χ0n) is 9.24. The van der Waals surface area contributed by atoms with Crippen LogP contribution in [0.15, 0.2) is 12.1 Å². The summed E-state index contributed by atoms with van der Waals surface area (Å²) in [5.41, 5.74) is 6.05. The first-order valence-corrected chi connectivity index (χ1v) is 7.66. The van der Waals surface area contributed by atoms with E-state index < -0.39 is 9.84 Å². The number of benzene rings is 1. The molecule has 0 aromatic heterocycles. The fourth-order valence-corrected chi connectivity index (χ4v) is 2.14. The number of halogens is 2. The van der Waals surface area contributed by atoms with Gasteiger partial charge in [0.2, 0.25) is 0 Å². The SMILES string of the molecule is CS(=O)(=O)CCCOc1cc(Cl)c(Cl)cc1N. The summed E-state index contributed by atoms with van der Waals surface area (Å²) in [5, 5.41) is 0.701. The van der Waals surface area contributed by atoms with E-state index in [0.717, 1.165) is 0 Å². The van der Waals surface area contributed by atoms with Crippen LogP contribution in [-0.2, 0) is 9.84 Å². The van der Waals surface area contributed by atoms with E-state index in [2.05, 4.69) is 0 Å². The number of hydrogen-bond donors (Lipinski definition) is 1. The second-order valence-corrected chi connectivity index (χ2v) is 6.71. The normalized spacial score (nSPS) is 11.5. The van der Waals surface area contributed by atoms with Crippen molar-refractivity contribution in [3.05, 3.63) is 22.2 Å². The van der Waals surface area contributed by atoms with Crippen molar-refractivity contribution in [2.24, 2.45) is 0 Å². The molecule has 96 valence electrons. The topological polar surface area (TPSA) is 69.4 Å². The van der Waals surface area contributed by atoms with Gasteiger partial charge >= 0.3 is 0 Å². The molecule has 7 heteroatoms. The van der Waals surface area contributed by atoms with Gasteiger partial charge in [-0.05, 0) is 12.5 Å². The number of nitrogen functional groups attached to an aromatic ring is 1. The molecular weight excluding hydrogens is 285 g/mol. The Bertz CT molecular complexity index is 503. The molecule has 0 saturated heterocycles. The van der Waals surface area contributed by atoms with Gasteiger partial charge in [0.05, 0.1) is 28.1 Å². The Morgan fingerprint density at radius 2 is 1.88 bits per heavy atom. The predicted octanol–water partition coefficient (Wildman–Crippen LogP) is 2.39. The lowest BCUT2D eigenvalue weighted by atomic mass is 10.3. The Morgan fingerprint density at radius 3 is 2.47 bits per heavy atom. The lowest BCUT2D eigenvalue weighted by Gasteiger charge is -2.09. The van der Waals surface area contributed by atoms with Crippen molar-refractivity contribution in [1.82, 2.24) is 0 Å². The molecule has 0 unspecified atom stereocenters. The minimum absolute atomic E-state index is 0.0776. The number of anilines is 1. The molecule has 0 radical (unpaired) electrons. The van der Waals surface area contributed by atoms with Gasteiger partial charge in [-0.25, -0.2) is 8.42 Å². The summed E-state index contributed by atoms with van der Waals surface area (Å²) in [6.45, 7) is 0.259. The maximum atomic E-state index is 10.9. The summed E-state index contributed by atoms with van der Waals surface area (Å²) in [7, 11) is -2.96. The Hall–Kier alpha value is -0.650. The van der Waals surface area contributed by atoms with E-state index in [1.807, 2.05) is 0 Å². The van der Waals surface area contributed by atoms with Crippen LogP contribution in [0.25, 0.3) is 0 Å². The Balaban J connectivity index is 2.55. The minimum atomic E-state index is -2.96. The molecule has 2 N–H and O–H groups in total. The van der Waals surface area contributed by atoms with E-state index in [0.29, 0.717) is 27.9 Å². The Labute approximate surface area is 111 Å². The standard InChI is InChI=1S/C10H13Cl2NO3S/c1-17(14,15)4-2-3-16-10-6-8(12)7(11)5-9(10)13/h5-6H,2-4,13H2,1H3. The molecule has 1 aromatic carbocycles. The number of nitrogens with two attached hydrogens (primary N) is 1. The highest BCUT2D eigenvalue weighted by molar-refractivity contribution is 7.90. The molecule has 4 nitrogen and oxygen atoms in total. The molecule has 0 atom stereocenters. The Morgan fingerprint density at radius 1 is 1.29 bits per heavy atom. The van der Waals surface area contributed by atoms with Gasteiger partial charge < -0.3 is 10.5 Å². The first-order chi connectivity index (χ1) is 7.79. The van der Waals surface area contributed by atoms with Crippen molar-refractivity contribution in [1.29, 1.82) is 0 Å². The molecule has 0 saturated carbocycles. The highest BCUT2D eigenvalue weighted by Gasteiger charge is 2.07. The van der Waals surface area contributed by atoms with E-state index in [4.69, 9.17) is 33.7 Å². The van der Waals surface area contributed by atoms with E-state index >= 15 is 0 Å². The maximum absolute atomic E-state index is 10.9. The van der Waals surface area contributed by atoms with Gasteiger partial charge in [0.1, 0.15) is 15.6 Å². The zero-order chi connectivity index (χ0) is 13.1. The van der Waals surface area contributed by atoms with Crippen molar-refractivity contribution in [2.45, 2.75) is 6.42 Å². The smallest absolute Gasteiger partial charge is 0.147 e. The van der Waals surface area contributed by atoms with Gasteiger partial charge in [0, 0.05) is 12.3 Å². The molecule has 0 amide bonds. The number of rotatable bonds is 5. The lowest BCUT2D eigenvalue weighted by Crippen LogP contribution is -2.08. The maximum Gasteiger partial charge on any atom is 0.147 e. The molecule has 0 spiro atoms. The molecule has 0 fully saturated rings. The van der Waals surface area contributed by atoms with Crippen LogP contribution in [0.2, 0.25) is 10.0 Å². The van der Waals surface area contributed by atoms with Crippen LogP contribution in [0, 0.1) is 0 Å². The zero-order valence-corrected chi connectivity index (χ0v) is 11.6. The highest BCUT2D eigenvalue weighted by Crippen LogP contribution is 2.32. The minimum Gasteiger partial charge on any atom is -0.491 e. The molecule has 1 aromatic rings. The third kappa shape index (κ3) is 5.02. The first kappa shape index (κ1) is 14.4. The monoisotopic (exact) mass is 297 g/mol. The van der Waals surface area contributed by atoms with Gasteiger partial charge in [0.15, 0.2) is 0 Å². The summed E-state index contributed by atoms with van der Waals surface area (Å²) < 4.78 is 27.1. The van der Waals surface area contributed by atoms with Crippen LogP contribution in [-0.4, -0.2) is 27.0 Å². The van der Waals surface area contributed by atoms with Crippen LogP contribution in [0.4, 0.5) is 5.69 Å². The predicted molar refractivity (Wildman–Crippen MR) is 70.7 cm³/mol. The third-order valence-corrected chi connectivity index (χ3v) is 3.72. The molecule has 1 rings (SSSR count). The first-order valence-electron chi connectivity index (χ1n) is 4.84. The van der Waals surface area contributed by atoms with Crippen LogP contribution in [0.1, 0.15) is 6.42 Å². The van der Waals surface area contributed by atoms with Gasteiger partial charge in [-0.1, -0.05) is 23.2 Å². The summed E-state index contributed by atoms with van der Waals surface area (Å²) in [4.78, 5) is 0. The van der Waals surface area contributed by atoms with E-state index in [-0.39, 0.29) is 12.4 Å². The molecule has 0 bridgehead atoms. The van der Waals surface area contributed by atoms with E-state index in [9.17, 15) is 8.42 Å². The molecule has 0 aliphatic heterocycles. The summed E-state index contributed by atoms with van der Waals surface area (Å²) in [6, 6.07) is 3.01. The van der Waals surface area contributed by atoms with Crippen LogP contribution in [0.5, 0.6) is 5.75 Å². The van der Waals surface area contributed by atoms with Crippen molar-refractivity contribution in [3.63, 3.8) is 0 Å². The van der Waals surface area contributed by atoms with Crippen LogP contribution >= 0.6 is 23.2 Å². The average Bonchev–Trinajstić information content (AvgIpc) is 2.18. The van der Waals surface area contributed by atoms with Crippen molar-refractivity contribution in [2.75, 3.05) is 24.3 Å². The van der Waals surface area contributed by atoms with Gasteiger partial charge in [-0.3, -0.25) is 0 Å². The largest absolute Gasteiger partial charge is 0.491 e. The quantitative estimate of drug-likeness (QED) is 0.669. The van der Waals surface area contributed by atoms with E-state index in [1.165, 1.54) is 18.4 Å². The van der Waals surface area contributed by atoms with Gasteiger partial charge in [0.25, 0.3) is 0 Å². The Kier molecular flexibility index (Phi) is 4.91. The van der Waals surface area contributed by atoms with Gasteiger partial charge in [-0.15, -0.1) is 0 Å². The van der Waals surface area contributed by atoms with Crippen LogP contribution in [0.3, 0.4) is 0 Å². The summed E-state index contributed by atoms with van der Waals surface area (Å²) in [6.07, 6.45) is 1.58. The fourth-order valence-electron chi connectivity index (χ4n) is 1.17. The fraction of sp³-hybridized carbons (Fsp3) is 0.400. The number of hydrogen-bond acceptors (Lipinski definition) is 4. The van der Waals surface area contributed by atoms with Crippen LogP contribution < -0.4 is 10.5 Å². The summed E-state index contributed by atoms with van der Waals surface area (Å²) >= 11 is 11.6. The molecule has 0 heterocycles. The third-order valence-electron chi connectivity index (χ3n) is 1.97.